The highest BCUT2D eigenvalue weighted by molar-refractivity contribution is 5.97. The zero-order valence-electron chi connectivity index (χ0n) is 5.05. The van der Waals surface area contributed by atoms with Crippen LogP contribution in [0, 0.1) is 17.2 Å². The highest BCUT2D eigenvalue weighted by Crippen LogP contribution is 2.25. The van der Waals surface area contributed by atoms with Crippen LogP contribution in [-0.4, -0.2) is 5.78 Å². The van der Waals surface area contributed by atoms with Gasteiger partial charge in [0.15, 0.2) is 5.78 Å². The first-order chi connectivity index (χ1) is 4.25. The summed E-state index contributed by atoms with van der Waals surface area (Å²) < 4.78 is 0. The first kappa shape index (κ1) is 6.03. The first-order valence-electron chi connectivity index (χ1n) is 2.87. The lowest BCUT2D eigenvalue weighted by Gasteiger charge is -1.92. The van der Waals surface area contributed by atoms with E-state index in [1.165, 1.54) is 0 Å². The molecule has 0 aromatic rings. The Labute approximate surface area is 53.8 Å². The van der Waals surface area contributed by atoms with E-state index in [1.807, 2.05) is 6.07 Å². The predicted octanol–water partition coefficient (Wildman–Crippen LogP) is 1.05. The molecule has 1 unspecified atom stereocenters. The fraction of sp³-hybridized carbons (Fsp3) is 0.429. The topological polar surface area (TPSA) is 40.9 Å². The minimum absolute atomic E-state index is 0.0570. The van der Waals surface area contributed by atoms with E-state index in [4.69, 9.17) is 5.26 Å². The highest BCUT2D eigenvalue weighted by atomic mass is 16.1. The Morgan fingerprint density at radius 1 is 1.78 bits per heavy atom. The van der Waals surface area contributed by atoms with E-state index < -0.39 is 0 Å². The van der Waals surface area contributed by atoms with Crippen molar-refractivity contribution in [3.8, 4) is 6.07 Å². The van der Waals surface area contributed by atoms with Crippen molar-refractivity contribution >= 4 is 5.78 Å². The Morgan fingerprint density at radius 3 is 2.67 bits per heavy atom. The van der Waals surface area contributed by atoms with Crippen LogP contribution < -0.4 is 0 Å². The number of ketones is 1. The van der Waals surface area contributed by atoms with Crippen molar-refractivity contribution in [2.75, 3.05) is 0 Å². The Hall–Kier alpha value is -1.10. The maximum Gasteiger partial charge on any atom is 0.159 e. The van der Waals surface area contributed by atoms with E-state index in [2.05, 4.69) is 6.58 Å². The van der Waals surface area contributed by atoms with Crippen molar-refractivity contribution in [2.45, 2.75) is 12.8 Å². The quantitative estimate of drug-likeness (QED) is 0.449. The van der Waals surface area contributed by atoms with Crippen LogP contribution in [0.5, 0.6) is 0 Å². The summed E-state index contributed by atoms with van der Waals surface area (Å²) in [6.45, 7) is 3.52. The van der Waals surface area contributed by atoms with E-state index in [0.717, 1.165) is 0 Å². The number of nitrogens with zero attached hydrogens (tertiary/aromatic N) is 1. The Balaban J connectivity index is 2.76. The molecule has 1 atom stereocenters. The third kappa shape index (κ3) is 0.857. The summed E-state index contributed by atoms with van der Waals surface area (Å²) in [5, 5.41) is 8.39. The zero-order chi connectivity index (χ0) is 6.85. The number of Topliss-reactive ketones (excluding diaryl/α,β-unsaturated/α-hetero) is 1. The molecule has 0 aliphatic heterocycles. The van der Waals surface area contributed by atoms with Crippen LogP contribution in [0.15, 0.2) is 12.2 Å². The van der Waals surface area contributed by atoms with E-state index in [-0.39, 0.29) is 11.7 Å². The van der Waals surface area contributed by atoms with Crippen molar-refractivity contribution in [1.29, 1.82) is 5.26 Å². The Bertz CT molecular complexity index is 199. The van der Waals surface area contributed by atoms with Gasteiger partial charge in [0, 0.05) is 12.0 Å². The summed E-state index contributed by atoms with van der Waals surface area (Å²) in [6, 6.07) is 2.02. The maximum absolute atomic E-state index is 10.7. The van der Waals surface area contributed by atoms with E-state index in [0.29, 0.717) is 18.4 Å². The molecule has 0 heterocycles. The van der Waals surface area contributed by atoms with Crippen LogP contribution in [0.3, 0.4) is 0 Å². The van der Waals surface area contributed by atoms with Crippen LogP contribution in [0.1, 0.15) is 12.8 Å². The molecule has 1 aliphatic carbocycles. The normalized spacial score (nSPS) is 26.3. The van der Waals surface area contributed by atoms with Crippen LogP contribution in [0.4, 0.5) is 0 Å². The minimum atomic E-state index is -0.197. The molecule has 0 aromatic carbocycles. The van der Waals surface area contributed by atoms with Crippen molar-refractivity contribution in [3.05, 3.63) is 12.2 Å². The molecule has 0 radical (unpaired) electrons. The molecule has 0 spiro atoms. The SMILES string of the molecule is C=C1C(=O)CCC1C#N. The summed E-state index contributed by atoms with van der Waals surface area (Å²) in [5.74, 6) is -0.140. The molecule has 0 amide bonds. The number of carbonyl (C=O) groups is 1. The lowest BCUT2D eigenvalue weighted by Crippen LogP contribution is -1.95. The van der Waals surface area contributed by atoms with Gasteiger partial charge in [0.2, 0.25) is 0 Å². The molecule has 9 heavy (non-hydrogen) atoms. The smallest absolute Gasteiger partial charge is 0.159 e. The minimum Gasteiger partial charge on any atom is -0.295 e. The molecule has 46 valence electrons. The number of carbonyl (C=O) groups excluding carboxylic acids is 1. The van der Waals surface area contributed by atoms with E-state index in [9.17, 15) is 4.79 Å². The molecule has 2 heteroatoms. The van der Waals surface area contributed by atoms with Gasteiger partial charge in [-0.3, -0.25) is 4.79 Å². The molecule has 0 aromatic heterocycles. The lowest BCUT2D eigenvalue weighted by molar-refractivity contribution is -0.114. The number of hydrogen-bond donors (Lipinski definition) is 0. The maximum atomic E-state index is 10.7. The number of allylic oxidation sites excluding steroid dienone is 1. The summed E-state index contributed by atoms with van der Waals surface area (Å²) in [5.41, 5.74) is 0.498. The molecular weight excluding hydrogens is 114 g/mol. The molecule has 1 fully saturated rings. The van der Waals surface area contributed by atoms with Gasteiger partial charge in [-0.25, -0.2) is 0 Å². The molecular formula is C7H7NO. The van der Waals surface area contributed by atoms with Crippen molar-refractivity contribution < 1.29 is 4.79 Å². The van der Waals surface area contributed by atoms with Gasteiger partial charge < -0.3 is 0 Å². The van der Waals surface area contributed by atoms with Gasteiger partial charge in [0.1, 0.15) is 0 Å². The van der Waals surface area contributed by atoms with Gasteiger partial charge in [0.25, 0.3) is 0 Å². The second-order valence-corrected chi connectivity index (χ2v) is 2.17. The van der Waals surface area contributed by atoms with Crippen molar-refractivity contribution in [3.63, 3.8) is 0 Å². The van der Waals surface area contributed by atoms with Crippen molar-refractivity contribution in [1.82, 2.24) is 0 Å². The Kier molecular flexibility index (Phi) is 1.35. The van der Waals surface area contributed by atoms with Crippen molar-refractivity contribution in [2.24, 2.45) is 5.92 Å². The van der Waals surface area contributed by atoms with E-state index in [1.54, 1.807) is 0 Å². The van der Waals surface area contributed by atoms with Crippen LogP contribution in [0.25, 0.3) is 0 Å². The first-order valence-corrected chi connectivity index (χ1v) is 2.87. The number of nitriles is 1. The average molecular weight is 121 g/mol. The summed E-state index contributed by atoms with van der Waals surface area (Å²) in [4.78, 5) is 10.7. The Morgan fingerprint density at radius 2 is 2.44 bits per heavy atom. The molecule has 0 bridgehead atoms. The largest absolute Gasteiger partial charge is 0.295 e. The summed E-state index contributed by atoms with van der Waals surface area (Å²) in [7, 11) is 0. The van der Waals surface area contributed by atoms with Crippen LogP contribution in [-0.2, 0) is 4.79 Å². The standard InChI is InChI=1S/C7H7NO/c1-5-6(4-8)2-3-7(5)9/h6H,1-3H2. The highest BCUT2D eigenvalue weighted by Gasteiger charge is 2.25. The zero-order valence-corrected chi connectivity index (χ0v) is 5.05. The molecule has 1 rings (SSSR count). The fourth-order valence-corrected chi connectivity index (χ4v) is 0.947. The third-order valence-corrected chi connectivity index (χ3v) is 1.59. The second-order valence-electron chi connectivity index (χ2n) is 2.17. The molecule has 1 aliphatic rings. The summed E-state index contributed by atoms with van der Waals surface area (Å²) >= 11 is 0. The number of rotatable bonds is 0. The van der Waals surface area contributed by atoms with Gasteiger partial charge >= 0.3 is 0 Å². The van der Waals surface area contributed by atoms with Gasteiger partial charge in [0.05, 0.1) is 12.0 Å². The second kappa shape index (κ2) is 2.02. The molecule has 0 N–H and O–H groups in total. The average Bonchev–Trinajstić information content (AvgIpc) is 2.15. The molecule has 2 nitrogen and oxygen atoms in total. The van der Waals surface area contributed by atoms with Gasteiger partial charge in [-0.15, -0.1) is 0 Å². The van der Waals surface area contributed by atoms with Gasteiger partial charge in [-0.1, -0.05) is 6.58 Å². The molecule has 1 saturated carbocycles. The lowest BCUT2D eigenvalue weighted by atomic mass is 10.1. The van der Waals surface area contributed by atoms with Gasteiger partial charge in [-0.2, -0.15) is 5.26 Å². The summed E-state index contributed by atoms with van der Waals surface area (Å²) in [6.07, 6.45) is 1.19. The van der Waals surface area contributed by atoms with Crippen LogP contribution >= 0.6 is 0 Å². The monoisotopic (exact) mass is 121 g/mol. The van der Waals surface area contributed by atoms with E-state index >= 15 is 0 Å². The van der Waals surface area contributed by atoms with Gasteiger partial charge in [-0.05, 0) is 6.42 Å². The number of hydrogen-bond acceptors (Lipinski definition) is 2. The third-order valence-electron chi connectivity index (χ3n) is 1.59. The predicted molar refractivity (Wildman–Crippen MR) is 32.5 cm³/mol. The molecule has 0 saturated heterocycles. The van der Waals surface area contributed by atoms with Crippen LogP contribution in [0.2, 0.25) is 0 Å². The fourth-order valence-electron chi connectivity index (χ4n) is 0.947.